The summed E-state index contributed by atoms with van der Waals surface area (Å²) < 4.78 is 10.5. The Hall–Kier alpha value is -1.88. The smallest absolute Gasteiger partial charge is 0.243 e. The molecular weight excluding hydrogens is 218 g/mol. The Bertz CT molecular complexity index is 494. The van der Waals surface area contributed by atoms with Gasteiger partial charge in [0, 0.05) is 5.56 Å². The highest BCUT2D eigenvalue weighted by Gasteiger charge is 2.11. The summed E-state index contributed by atoms with van der Waals surface area (Å²) in [7, 11) is 0. The Morgan fingerprint density at radius 1 is 1.47 bits per heavy atom. The van der Waals surface area contributed by atoms with Gasteiger partial charge in [-0.05, 0) is 26.0 Å². The molecule has 5 heteroatoms. The third-order valence-electron chi connectivity index (χ3n) is 2.23. The van der Waals surface area contributed by atoms with Crippen LogP contribution in [0.2, 0.25) is 0 Å². The molecule has 0 aliphatic heterocycles. The second kappa shape index (κ2) is 4.97. The van der Waals surface area contributed by atoms with E-state index in [0.29, 0.717) is 18.3 Å². The third kappa shape index (κ3) is 2.62. The van der Waals surface area contributed by atoms with Crippen LogP contribution in [0.1, 0.15) is 25.8 Å². The van der Waals surface area contributed by atoms with E-state index >= 15 is 0 Å². The van der Waals surface area contributed by atoms with Crippen molar-refractivity contribution in [2.24, 2.45) is 5.73 Å². The highest BCUT2D eigenvalue weighted by Crippen LogP contribution is 2.22. The number of nitrogens with zero attached hydrogens (tertiary/aromatic N) is 2. The summed E-state index contributed by atoms with van der Waals surface area (Å²) in [5.41, 5.74) is 6.52. The minimum Gasteiger partial charge on any atom is -0.494 e. The Kier molecular flexibility index (Phi) is 3.39. The molecule has 1 aromatic carbocycles. The molecule has 1 atom stereocenters. The summed E-state index contributed by atoms with van der Waals surface area (Å²) in [6.45, 7) is 4.37. The molecule has 0 saturated heterocycles. The van der Waals surface area contributed by atoms with E-state index in [1.807, 2.05) is 31.2 Å². The number of aromatic nitrogens is 2. The van der Waals surface area contributed by atoms with E-state index in [4.69, 9.17) is 15.0 Å². The van der Waals surface area contributed by atoms with Crippen molar-refractivity contribution in [3.05, 3.63) is 30.2 Å². The molecule has 17 heavy (non-hydrogen) atoms. The first-order valence-electron chi connectivity index (χ1n) is 5.53. The molecule has 0 saturated carbocycles. The summed E-state index contributed by atoms with van der Waals surface area (Å²) in [6, 6.07) is 7.30. The van der Waals surface area contributed by atoms with Gasteiger partial charge < -0.3 is 15.0 Å². The van der Waals surface area contributed by atoms with Crippen LogP contribution in [0.15, 0.2) is 28.8 Å². The molecule has 90 valence electrons. The van der Waals surface area contributed by atoms with E-state index in [2.05, 4.69) is 10.1 Å². The van der Waals surface area contributed by atoms with Gasteiger partial charge >= 0.3 is 0 Å². The normalized spacial score (nSPS) is 12.4. The van der Waals surface area contributed by atoms with Crippen LogP contribution < -0.4 is 10.5 Å². The maximum atomic E-state index is 5.66. The molecule has 1 unspecified atom stereocenters. The summed E-state index contributed by atoms with van der Waals surface area (Å²) in [4.78, 5) is 4.22. The largest absolute Gasteiger partial charge is 0.494 e. The number of hydrogen-bond acceptors (Lipinski definition) is 5. The van der Waals surface area contributed by atoms with Crippen LogP contribution in [0.25, 0.3) is 11.4 Å². The van der Waals surface area contributed by atoms with Crippen molar-refractivity contribution in [2.75, 3.05) is 6.61 Å². The molecule has 0 bridgehead atoms. The van der Waals surface area contributed by atoms with Crippen LogP contribution in [-0.2, 0) is 0 Å². The van der Waals surface area contributed by atoms with E-state index in [0.717, 1.165) is 11.3 Å². The molecule has 0 amide bonds. The number of rotatable bonds is 4. The minimum atomic E-state index is -0.258. The van der Waals surface area contributed by atoms with Gasteiger partial charge in [0.15, 0.2) is 0 Å². The lowest BCUT2D eigenvalue weighted by Crippen LogP contribution is -2.04. The predicted molar refractivity (Wildman–Crippen MR) is 63.5 cm³/mol. The molecule has 2 rings (SSSR count). The van der Waals surface area contributed by atoms with Crippen LogP contribution in [0.4, 0.5) is 0 Å². The summed E-state index contributed by atoms with van der Waals surface area (Å²) in [5, 5.41) is 3.89. The maximum Gasteiger partial charge on any atom is 0.243 e. The first-order valence-corrected chi connectivity index (χ1v) is 5.53. The average Bonchev–Trinajstić information content (AvgIpc) is 2.79. The lowest BCUT2D eigenvalue weighted by atomic mass is 10.2. The maximum absolute atomic E-state index is 5.66. The first kappa shape index (κ1) is 11.6. The second-order valence-electron chi connectivity index (χ2n) is 3.71. The number of nitrogens with two attached hydrogens (primary N) is 1. The van der Waals surface area contributed by atoms with Crippen LogP contribution in [0.3, 0.4) is 0 Å². The van der Waals surface area contributed by atoms with Crippen molar-refractivity contribution in [3.63, 3.8) is 0 Å². The SMILES string of the molecule is CCOc1cccc(-c2noc(C(C)N)n2)c1. The minimum absolute atomic E-state index is 0.258. The molecule has 5 nitrogen and oxygen atoms in total. The van der Waals surface area contributed by atoms with Crippen LogP contribution in [0.5, 0.6) is 5.75 Å². The van der Waals surface area contributed by atoms with Crippen molar-refractivity contribution >= 4 is 0 Å². The van der Waals surface area contributed by atoms with E-state index in [1.165, 1.54) is 0 Å². The molecule has 1 aromatic heterocycles. The quantitative estimate of drug-likeness (QED) is 0.875. The Labute approximate surface area is 99.6 Å². The van der Waals surface area contributed by atoms with E-state index in [-0.39, 0.29) is 6.04 Å². The number of hydrogen-bond donors (Lipinski definition) is 1. The van der Waals surface area contributed by atoms with Gasteiger partial charge in [-0.25, -0.2) is 0 Å². The van der Waals surface area contributed by atoms with Gasteiger partial charge in [0.2, 0.25) is 11.7 Å². The summed E-state index contributed by atoms with van der Waals surface area (Å²) in [5.74, 6) is 1.75. The average molecular weight is 233 g/mol. The molecule has 1 heterocycles. The van der Waals surface area contributed by atoms with Crippen LogP contribution in [0, 0.1) is 0 Å². The Balaban J connectivity index is 2.28. The molecule has 0 fully saturated rings. The summed E-state index contributed by atoms with van der Waals surface area (Å²) >= 11 is 0. The van der Waals surface area contributed by atoms with E-state index < -0.39 is 0 Å². The lowest BCUT2D eigenvalue weighted by molar-refractivity contribution is 0.340. The standard InChI is InChI=1S/C12H15N3O2/c1-3-16-10-6-4-5-9(7-10)11-14-12(8(2)13)17-15-11/h4-8H,3,13H2,1-2H3. The van der Waals surface area contributed by atoms with Gasteiger partial charge in [-0.2, -0.15) is 4.98 Å². The van der Waals surface area contributed by atoms with Gasteiger partial charge in [-0.3, -0.25) is 0 Å². The molecular formula is C12H15N3O2. The molecule has 2 N–H and O–H groups in total. The predicted octanol–water partition coefficient (Wildman–Crippen LogP) is 2.15. The van der Waals surface area contributed by atoms with Crippen LogP contribution >= 0.6 is 0 Å². The molecule has 0 radical (unpaired) electrons. The summed E-state index contributed by atoms with van der Waals surface area (Å²) in [6.07, 6.45) is 0. The van der Waals surface area contributed by atoms with Gasteiger partial charge in [-0.15, -0.1) is 0 Å². The Morgan fingerprint density at radius 2 is 2.29 bits per heavy atom. The number of benzene rings is 1. The monoisotopic (exact) mass is 233 g/mol. The van der Waals surface area contributed by atoms with Crippen molar-refractivity contribution in [2.45, 2.75) is 19.9 Å². The van der Waals surface area contributed by atoms with Crippen molar-refractivity contribution < 1.29 is 9.26 Å². The number of ether oxygens (including phenoxy) is 1. The fourth-order valence-corrected chi connectivity index (χ4v) is 1.43. The fraction of sp³-hybridized carbons (Fsp3) is 0.333. The van der Waals surface area contributed by atoms with Crippen molar-refractivity contribution in [1.29, 1.82) is 0 Å². The zero-order valence-electron chi connectivity index (χ0n) is 9.88. The topological polar surface area (TPSA) is 74.2 Å². The molecule has 0 spiro atoms. The van der Waals surface area contributed by atoms with Crippen LogP contribution in [-0.4, -0.2) is 16.7 Å². The lowest BCUT2D eigenvalue weighted by Gasteiger charge is -2.03. The molecule has 0 aliphatic carbocycles. The van der Waals surface area contributed by atoms with Crippen molar-refractivity contribution in [3.8, 4) is 17.1 Å². The van der Waals surface area contributed by atoms with Gasteiger partial charge in [0.25, 0.3) is 0 Å². The fourth-order valence-electron chi connectivity index (χ4n) is 1.43. The first-order chi connectivity index (χ1) is 8.20. The highest BCUT2D eigenvalue weighted by molar-refractivity contribution is 5.56. The Morgan fingerprint density at radius 3 is 2.94 bits per heavy atom. The van der Waals surface area contributed by atoms with E-state index in [1.54, 1.807) is 6.92 Å². The van der Waals surface area contributed by atoms with Gasteiger partial charge in [0.05, 0.1) is 12.6 Å². The highest BCUT2D eigenvalue weighted by atomic mass is 16.5. The molecule has 0 aliphatic rings. The van der Waals surface area contributed by atoms with E-state index in [9.17, 15) is 0 Å². The van der Waals surface area contributed by atoms with Gasteiger partial charge in [-0.1, -0.05) is 17.3 Å². The second-order valence-corrected chi connectivity index (χ2v) is 3.71. The van der Waals surface area contributed by atoms with Crippen molar-refractivity contribution in [1.82, 2.24) is 10.1 Å². The molecule has 2 aromatic rings. The van der Waals surface area contributed by atoms with Gasteiger partial charge in [0.1, 0.15) is 5.75 Å². The zero-order chi connectivity index (χ0) is 12.3. The third-order valence-corrected chi connectivity index (χ3v) is 2.23. The zero-order valence-corrected chi connectivity index (χ0v) is 9.88.